The van der Waals surface area contributed by atoms with Gasteiger partial charge in [-0.3, -0.25) is 4.79 Å². The van der Waals surface area contributed by atoms with Gasteiger partial charge < -0.3 is 19.5 Å². The van der Waals surface area contributed by atoms with Crippen LogP contribution in [0.5, 0.6) is 17.2 Å². The second kappa shape index (κ2) is 9.52. The third-order valence-electron chi connectivity index (χ3n) is 4.54. The normalized spacial score (nSPS) is 10.7. The van der Waals surface area contributed by atoms with Crippen molar-refractivity contribution in [2.24, 2.45) is 0 Å². The zero-order valence-electron chi connectivity index (χ0n) is 17.6. The summed E-state index contributed by atoms with van der Waals surface area (Å²) in [6, 6.07) is 12.6. The molecular formula is C21H20N6O4S. The molecule has 164 valence electrons. The highest BCUT2D eigenvalue weighted by atomic mass is 32.2. The maximum absolute atomic E-state index is 12.6. The van der Waals surface area contributed by atoms with E-state index in [1.54, 1.807) is 37.1 Å². The maximum atomic E-state index is 12.6. The quantitative estimate of drug-likeness (QED) is 0.318. The molecule has 4 rings (SSSR count). The van der Waals surface area contributed by atoms with E-state index in [9.17, 15) is 4.79 Å². The van der Waals surface area contributed by atoms with Gasteiger partial charge >= 0.3 is 0 Å². The van der Waals surface area contributed by atoms with Crippen LogP contribution >= 0.6 is 11.8 Å². The summed E-state index contributed by atoms with van der Waals surface area (Å²) in [5, 5.41) is 11.8. The van der Waals surface area contributed by atoms with Crippen molar-refractivity contribution in [2.45, 2.75) is 5.03 Å². The Morgan fingerprint density at radius 1 is 1.00 bits per heavy atom. The molecule has 2 heterocycles. The summed E-state index contributed by atoms with van der Waals surface area (Å²) in [6.07, 6.45) is 1.43. The van der Waals surface area contributed by atoms with E-state index in [0.29, 0.717) is 33.4 Å². The van der Waals surface area contributed by atoms with Crippen LogP contribution in [0.4, 0.5) is 5.69 Å². The molecule has 32 heavy (non-hydrogen) atoms. The fourth-order valence-corrected chi connectivity index (χ4v) is 3.69. The molecule has 0 saturated heterocycles. The van der Waals surface area contributed by atoms with E-state index in [1.165, 1.54) is 25.2 Å². The molecule has 0 aliphatic carbocycles. The van der Waals surface area contributed by atoms with Crippen LogP contribution in [0.3, 0.4) is 0 Å². The van der Waals surface area contributed by atoms with E-state index in [0.717, 1.165) is 11.4 Å². The first-order valence-corrected chi connectivity index (χ1v) is 10.5. The first kappa shape index (κ1) is 21.4. The van der Waals surface area contributed by atoms with Gasteiger partial charge in [0.1, 0.15) is 28.6 Å². The van der Waals surface area contributed by atoms with Crippen LogP contribution in [0.2, 0.25) is 0 Å². The van der Waals surface area contributed by atoms with E-state index in [4.69, 9.17) is 14.2 Å². The van der Waals surface area contributed by atoms with Crippen molar-refractivity contribution < 1.29 is 19.0 Å². The lowest BCUT2D eigenvalue weighted by atomic mass is 10.2. The van der Waals surface area contributed by atoms with E-state index in [1.807, 2.05) is 24.3 Å². The van der Waals surface area contributed by atoms with Gasteiger partial charge in [0.05, 0.1) is 38.5 Å². The first-order chi connectivity index (χ1) is 15.6. The smallest absolute Gasteiger partial charge is 0.234 e. The molecule has 2 aromatic heterocycles. The molecule has 2 aromatic carbocycles. The Morgan fingerprint density at radius 3 is 2.47 bits per heavy atom. The first-order valence-electron chi connectivity index (χ1n) is 9.48. The molecular weight excluding hydrogens is 432 g/mol. The molecule has 1 amide bonds. The SMILES string of the molecule is COc1ccc(-n2nnc3c(SCC(=O)Nc4cc(OC)ccc4OC)ncnc32)cc1. The van der Waals surface area contributed by atoms with Gasteiger partial charge in [0.15, 0.2) is 11.2 Å². The molecule has 0 aliphatic rings. The van der Waals surface area contributed by atoms with Gasteiger partial charge in [-0.1, -0.05) is 17.0 Å². The second-order valence-corrected chi connectivity index (χ2v) is 7.42. The number of carbonyl (C=O) groups excluding carboxylic acids is 1. The highest BCUT2D eigenvalue weighted by molar-refractivity contribution is 8.00. The Balaban J connectivity index is 1.50. The van der Waals surface area contributed by atoms with Crippen LogP contribution in [0.25, 0.3) is 16.9 Å². The molecule has 1 N–H and O–H groups in total. The average molecular weight is 452 g/mol. The zero-order chi connectivity index (χ0) is 22.5. The van der Waals surface area contributed by atoms with Crippen LogP contribution in [-0.4, -0.2) is 58.0 Å². The highest BCUT2D eigenvalue weighted by Crippen LogP contribution is 2.30. The molecule has 0 aliphatic heterocycles. The van der Waals surface area contributed by atoms with Crippen molar-refractivity contribution in [3.05, 3.63) is 48.8 Å². The Hall–Kier alpha value is -3.86. The number of methoxy groups -OCH3 is 3. The summed E-state index contributed by atoms with van der Waals surface area (Å²) < 4.78 is 17.3. The molecule has 10 nitrogen and oxygen atoms in total. The van der Waals surface area contributed by atoms with E-state index < -0.39 is 0 Å². The van der Waals surface area contributed by atoms with Crippen molar-refractivity contribution in [1.82, 2.24) is 25.0 Å². The number of hydrogen-bond donors (Lipinski definition) is 1. The van der Waals surface area contributed by atoms with Gasteiger partial charge in [-0.2, -0.15) is 4.68 Å². The lowest BCUT2D eigenvalue weighted by Crippen LogP contribution is -2.15. The fourth-order valence-electron chi connectivity index (χ4n) is 2.96. The van der Waals surface area contributed by atoms with Crippen LogP contribution in [0, 0.1) is 0 Å². The molecule has 11 heteroatoms. The Labute approximate surface area is 187 Å². The summed E-state index contributed by atoms with van der Waals surface area (Å²) in [5.74, 6) is 1.78. The number of aromatic nitrogens is 5. The number of nitrogens with one attached hydrogen (secondary N) is 1. The monoisotopic (exact) mass is 452 g/mol. The number of carbonyl (C=O) groups is 1. The molecule has 4 aromatic rings. The lowest BCUT2D eigenvalue weighted by molar-refractivity contribution is -0.113. The minimum Gasteiger partial charge on any atom is -0.497 e. The van der Waals surface area contributed by atoms with E-state index >= 15 is 0 Å². The van der Waals surface area contributed by atoms with Crippen molar-refractivity contribution in [2.75, 3.05) is 32.4 Å². The van der Waals surface area contributed by atoms with Crippen molar-refractivity contribution in [1.29, 1.82) is 0 Å². The molecule has 0 fully saturated rings. The Bertz CT molecular complexity index is 1250. The molecule has 0 radical (unpaired) electrons. The summed E-state index contributed by atoms with van der Waals surface area (Å²) in [4.78, 5) is 21.1. The summed E-state index contributed by atoms with van der Waals surface area (Å²) in [7, 11) is 4.70. The number of nitrogens with zero attached hydrogens (tertiary/aromatic N) is 5. The van der Waals surface area contributed by atoms with E-state index in [2.05, 4.69) is 25.6 Å². The molecule has 0 unspecified atom stereocenters. The maximum Gasteiger partial charge on any atom is 0.234 e. The Morgan fingerprint density at radius 2 is 1.75 bits per heavy atom. The third kappa shape index (κ3) is 4.42. The predicted octanol–water partition coefficient (Wildman–Crippen LogP) is 2.97. The van der Waals surface area contributed by atoms with Crippen molar-refractivity contribution >= 4 is 34.5 Å². The molecule has 0 saturated carbocycles. The molecule has 0 spiro atoms. The average Bonchev–Trinajstić information content (AvgIpc) is 3.27. The predicted molar refractivity (Wildman–Crippen MR) is 120 cm³/mol. The topological polar surface area (TPSA) is 113 Å². The van der Waals surface area contributed by atoms with Crippen molar-refractivity contribution in [3.63, 3.8) is 0 Å². The van der Waals surface area contributed by atoms with Gasteiger partial charge in [-0.25, -0.2) is 9.97 Å². The van der Waals surface area contributed by atoms with E-state index in [-0.39, 0.29) is 11.7 Å². The number of fused-ring (bicyclic) bond motifs is 1. The number of ether oxygens (including phenoxy) is 3. The van der Waals surface area contributed by atoms with Gasteiger partial charge in [0.2, 0.25) is 5.91 Å². The van der Waals surface area contributed by atoms with Gasteiger partial charge in [-0.05, 0) is 36.4 Å². The van der Waals surface area contributed by atoms with Gasteiger partial charge in [0.25, 0.3) is 0 Å². The second-order valence-electron chi connectivity index (χ2n) is 6.45. The number of thioether (sulfide) groups is 1. The largest absolute Gasteiger partial charge is 0.497 e. The zero-order valence-corrected chi connectivity index (χ0v) is 18.4. The minimum atomic E-state index is -0.226. The number of anilines is 1. The van der Waals surface area contributed by atoms with Gasteiger partial charge in [-0.15, -0.1) is 5.10 Å². The molecule has 0 atom stereocenters. The van der Waals surface area contributed by atoms with Crippen LogP contribution in [0.15, 0.2) is 53.8 Å². The van der Waals surface area contributed by atoms with Crippen LogP contribution in [0.1, 0.15) is 0 Å². The number of benzene rings is 2. The fraction of sp³-hybridized carbons (Fsp3) is 0.190. The summed E-state index contributed by atoms with van der Waals surface area (Å²) in [6.45, 7) is 0. The lowest BCUT2D eigenvalue weighted by Gasteiger charge is -2.11. The number of rotatable bonds is 8. The molecule has 0 bridgehead atoms. The third-order valence-corrected chi connectivity index (χ3v) is 5.52. The van der Waals surface area contributed by atoms with Crippen molar-refractivity contribution in [3.8, 4) is 22.9 Å². The van der Waals surface area contributed by atoms with Crippen LogP contribution in [-0.2, 0) is 4.79 Å². The number of amides is 1. The minimum absolute atomic E-state index is 0.113. The Kier molecular flexibility index (Phi) is 6.36. The number of hydrogen-bond acceptors (Lipinski definition) is 9. The highest BCUT2D eigenvalue weighted by Gasteiger charge is 2.16. The summed E-state index contributed by atoms with van der Waals surface area (Å²) >= 11 is 1.24. The van der Waals surface area contributed by atoms with Gasteiger partial charge in [0, 0.05) is 6.07 Å². The standard InChI is InChI=1S/C21H20N6O4S/c1-29-14-6-4-13(5-7-14)27-20-19(25-26-27)21(23-12-22-20)32-11-18(28)24-16-10-15(30-2)8-9-17(16)31-3/h4-10,12H,11H2,1-3H3,(H,24,28). The summed E-state index contributed by atoms with van der Waals surface area (Å²) in [5.41, 5.74) is 2.36. The van der Waals surface area contributed by atoms with Crippen LogP contribution < -0.4 is 19.5 Å².